The van der Waals surface area contributed by atoms with Gasteiger partial charge in [0.15, 0.2) is 11.6 Å². The number of fused-ring (bicyclic) bond motifs is 21. The topological polar surface area (TPSA) is 82.9 Å². The molecule has 0 unspecified atom stereocenters. The van der Waals surface area contributed by atoms with Crippen LogP contribution in [0.5, 0.6) is 23.0 Å². The first-order chi connectivity index (χ1) is 53.0. The molecule has 22 rings (SSSR count). The van der Waals surface area contributed by atoms with Crippen molar-refractivity contribution in [2.45, 2.75) is 10.8 Å². The van der Waals surface area contributed by atoms with Gasteiger partial charge < -0.3 is 9.47 Å². The molecule has 0 fully saturated rings. The maximum Gasteiger partial charge on any atom is 0.160 e. The third kappa shape index (κ3) is 9.42. The molecule has 4 aliphatic rings. The zero-order valence-corrected chi connectivity index (χ0v) is 58.3. The first kappa shape index (κ1) is 60.8. The van der Waals surface area contributed by atoms with Crippen LogP contribution in [-0.4, -0.2) is 24.9 Å². The van der Waals surface area contributed by atoms with Gasteiger partial charge in [-0.2, -0.15) is 0 Å². The maximum atomic E-state index is 7.33. The highest BCUT2D eigenvalue weighted by Gasteiger charge is 2.53. The van der Waals surface area contributed by atoms with Gasteiger partial charge in [-0.05, 0) is 139 Å². The molecule has 2 aliphatic carbocycles. The van der Waals surface area contributed by atoms with Crippen LogP contribution in [0.15, 0.2) is 358 Å². The smallest absolute Gasteiger partial charge is 0.160 e. The molecule has 0 bridgehead atoms. The van der Waals surface area contributed by atoms with Crippen LogP contribution in [0.2, 0.25) is 0 Å². The number of para-hydroxylation sites is 1. The number of benzene rings is 14. The molecule has 0 atom stereocenters. The van der Waals surface area contributed by atoms with Crippen molar-refractivity contribution in [3.05, 3.63) is 403 Å². The molecule has 7 nitrogen and oxygen atoms in total. The minimum atomic E-state index is -0.651. The Hall–Kier alpha value is -13.8. The Morgan fingerprint density at radius 1 is 0.215 bits per heavy atom. The minimum absolute atomic E-state index is 0.526. The molecule has 0 saturated carbocycles. The summed E-state index contributed by atoms with van der Waals surface area (Å²) in [6, 6.07) is 126. The molecule has 0 radical (unpaired) electrons. The number of pyridine rings is 1. The summed E-state index contributed by atoms with van der Waals surface area (Å²) in [6.07, 6.45) is 1.80. The van der Waals surface area contributed by atoms with E-state index >= 15 is 0 Å². The number of aromatic nitrogens is 5. The van der Waals surface area contributed by atoms with Gasteiger partial charge >= 0.3 is 0 Å². The quantitative estimate of drug-likeness (QED) is 0.142. The minimum Gasteiger partial charge on any atom is -0.457 e. The lowest BCUT2D eigenvalue weighted by molar-refractivity contribution is 0.436. The molecule has 8 heteroatoms. The summed E-state index contributed by atoms with van der Waals surface area (Å²) < 4.78 is 16.7. The molecule has 6 heterocycles. The largest absolute Gasteiger partial charge is 0.457 e. The van der Waals surface area contributed by atoms with Gasteiger partial charge in [0.25, 0.3) is 0 Å². The maximum absolute atomic E-state index is 7.33. The van der Waals surface area contributed by atoms with E-state index in [1.54, 1.807) is 6.20 Å². The predicted molar refractivity (Wildman–Crippen MR) is 432 cm³/mol. The van der Waals surface area contributed by atoms with Crippen molar-refractivity contribution in [2.75, 3.05) is 0 Å². The molecule has 2 spiro atoms. The Labute approximate surface area is 621 Å². The van der Waals surface area contributed by atoms with Crippen molar-refractivity contribution < 1.29 is 9.47 Å². The summed E-state index contributed by atoms with van der Waals surface area (Å²) in [5.74, 6) is 4.63. The van der Waals surface area contributed by atoms with Gasteiger partial charge in [0.1, 0.15) is 23.0 Å². The van der Waals surface area contributed by atoms with Crippen LogP contribution in [0.3, 0.4) is 0 Å². The van der Waals surface area contributed by atoms with Gasteiger partial charge in [-0.3, -0.25) is 4.98 Å². The van der Waals surface area contributed by atoms with E-state index in [0.29, 0.717) is 11.6 Å². The fraction of sp³-hybridized carbons (Fsp3) is 0.0202. The first-order valence-electron chi connectivity index (χ1n) is 36.2. The molecular weight excluding hydrogens is 1320 g/mol. The fourth-order valence-corrected chi connectivity index (χ4v) is 18.6. The number of ether oxygens (including phenoxy) is 2. The van der Waals surface area contributed by atoms with Crippen molar-refractivity contribution in [1.29, 1.82) is 0 Å². The zero-order valence-electron chi connectivity index (χ0n) is 57.5. The predicted octanol–water partition coefficient (Wildman–Crippen LogP) is 25.0. The van der Waals surface area contributed by atoms with Gasteiger partial charge in [-0.15, -0.1) is 11.3 Å². The Morgan fingerprint density at radius 3 is 1.09 bits per heavy atom. The molecule has 107 heavy (non-hydrogen) atoms. The summed E-state index contributed by atoms with van der Waals surface area (Å²) in [4.78, 5) is 25.6. The SMILES string of the molecule is c1ccc(-c2nc(-c3ccc(-c4ccc5c(c4)Oc4cc(-c6ccc(-c7nc(-c8ccc(-c9ccc%10c(c9)Oc9ccccc9C%109c%10ccccc%10-c%10ccccc%109)cc8)cc(-c8ccc9c(c8)sc8ccccc89)n7)cc6)ccc4C54c5ccccc5-c5ccccc54)cc3)cc(-c3ccccn3)n2)cc1. The standard InChI is InChI=1S/C99H59N5O2S/c1-2-18-65(19-3-1)96-102-87(59-89(104-96)85-30-16-17-53-100-85)64-41-35-61(36-42-64)68-47-51-83-92(55-68)106-93-56-69(48-52-84(93)99(83)79-27-11-6-22-73(79)74-23-7-12-28-80(74)99)62-37-43-66(44-38-62)97-101-86(58-88(103-97)70-45-49-76-75-24-8-15-32-94(75)107-95(76)57-70)63-39-33-60(34-40-63)67-46-50-82-91(54-67)105-90-31-14-13-29-81(90)98(82)77-25-9-4-20-71(77)72-21-5-10-26-78(72)98/h1-59H. The van der Waals surface area contributed by atoms with E-state index < -0.39 is 10.8 Å². The van der Waals surface area contributed by atoms with Crippen LogP contribution in [0.4, 0.5) is 0 Å². The highest BCUT2D eigenvalue weighted by atomic mass is 32.1. The second-order valence-corrected chi connectivity index (χ2v) is 29.1. The second kappa shape index (κ2) is 23.9. The zero-order chi connectivity index (χ0) is 70.3. The number of nitrogens with zero attached hydrogens (tertiary/aromatic N) is 5. The lowest BCUT2D eigenvalue weighted by atomic mass is 9.65. The lowest BCUT2D eigenvalue weighted by Crippen LogP contribution is -2.32. The Morgan fingerprint density at radius 2 is 0.579 bits per heavy atom. The van der Waals surface area contributed by atoms with Crippen molar-refractivity contribution in [3.8, 4) is 147 Å². The number of thiophene rings is 1. The van der Waals surface area contributed by atoms with E-state index in [1.807, 2.05) is 65.9 Å². The number of rotatable bonds is 9. The molecule has 14 aromatic carbocycles. The normalized spacial score (nSPS) is 13.3. The van der Waals surface area contributed by atoms with Crippen LogP contribution in [0.1, 0.15) is 44.5 Å². The average molecular weight is 1380 g/mol. The highest BCUT2D eigenvalue weighted by Crippen LogP contribution is 2.65. The Kier molecular flexibility index (Phi) is 13.6. The van der Waals surface area contributed by atoms with Gasteiger partial charge in [0.2, 0.25) is 0 Å². The van der Waals surface area contributed by atoms with Crippen LogP contribution in [0.25, 0.3) is 144 Å². The van der Waals surface area contributed by atoms with Crippen LogP contribution >= 0.6 is 11.3 Å². The third-order valence-corrected chi connectivity index (χ3v) is 23.5. The van der Waals surface area contributed by atoms with E-state index in [1.165, 1.54) is 64.7 Å². The molecule has 0 amide bonds. The lowest BCUT2D eigenvalue weighted by Gasteiger charge is -2.39. The summed E-state index contributed by atoms with van der Waals surface area (Å²) >= 11 is 1.81. The summed E-state index contributed by atoms with van der Waals surface area (Å²) in [6.45, 7) is 0. The van der Waals surface area contributed by atoms with E-state index in [9.17, 15) is 0 Å². The molecule has 2 aliphatic heterocycles. The monoisotopic (exact) mass is 1380 g/mol. The van der Waals surface area contributed by atoms with Crippen molar-refractivity contribution >= 4 is 31.5 Å². The molecule has 0 N–H and O–H groups in total. The van der Waals surface area contributed by atoms with Gasteiger partial charge in [0.05, 0.1) is 39.3 Å². The van der Waals surface area contributed by atoms with E-state index in [0.717, 1.165) is 135 Å². The second-order valence-electron chi connectivity index (χ2n) is 28.1. The van der Waals surface area contributed by atoms with E-state index in [4.69, 9.17) is 29.4 Å². The average Bonchev–Trinajstić information content (AvgIpc) is 1.51. The molecule has 498 valence electrons. The van der Waals surface area contributed by atoms with Crippen LogP contribution in [0, 0.1) is 0 Å². The summed E-state index contributed by atoms with van der Waals surface area (Å²) in [5.41, 5.74) is 28.5. The van der Waals surface area contributed by atoms with Crippen LogP contribution in [-0.2, 0) is 10.8 Å². The third-order valence-electron chi connectivity index (χ3n) is 22.4. The van der Waals surface area contributed by atoms with E-state index in [2.05, 4.69) is 302 Å². The van der Waals surface area contributed by atoms with Gasteiger partial charge in [0, 0.05) is 76.4 Å². The van der Waals surface area contributed by atoms with Crippen LogP contribution < -0.4 is 9.47 Å². The van der Waals surface area contributed by atoms with E-state index in [-0.39, 0.29) is 0 Å². The number of hydrogen-bond donors (Lipinski definition) is 0. The fourth-order valence-electron chi connectivity index (χ4n) is 17.5. The Balaban J connectivity index is 0.615. The molecule has 4 aromatic heterocycles. The molecular formula is C99H59N5O2S. The summed E-state index contributed by atoms with van der Waals surface area (Å²) in [5, 5.41) is 2.50. The number of hydrogen-bond acceptors (Lipinski definition) is 8. The van der Waals surface area contributed by atoms with Crippen molar-refractivity contribution in [3.63, 3.8) is 0 Å². The highest BCUT2D eigenvalue weighted by molar-refractivity contribution is 7.25. The molecule has 18 aromatic rings. The first-order valence-corrected chi connectivity index (χ1v) is 37.0. The summed E-state index contributed by atoms with van der Waals surface area (Å²) in [7, 11) is 0. The van der Waals surface area contributed by atoms with Crippen molar-refractivity contribution in [1.82, 2.24) is 24.9 Å². The van der Waals surface area contributed by atoms with Gasteiger partial charge in [-0.1, -0.05) is 291 Å². The van der Waals surface area contributed by atoms with Crippen molar-refractivity contribution in [2.24, 2.45) is 0 Å². The Bertz CT molecular complexity index is 6540. The molecule has 0 saturated heterocycles. The van der Waals surface area contributed by atoms with Gasteiger partial charge in [-0.25, -0.2) is 19.9 Å².